The van der Waals surface area contributed by atoms with Gasteiger partial charge in [0.25, 0.3) is 0 Å². The first kappa shape index (κ1) is 11.9. The largest absolute Gasteiger partial charge is 0.297 e. The molecule has 0 bridgehead atoms. The van der Waals surface area contributed by atoms with Gasteiger partial charge in [0, 0.05) is 18.0 Å². The topological polar surface area (TPSA) is 3.24 Å². The van der Waals surface area contributed by atoms with E-state index in [9.17, 15) is 8.78 Å². The molecule has 1 fully saturated rings. The molecule has 0 radical (unpaired) electrons. The molecule has 1 aliphatic heterocycles. The first-order chi connectivity index (χ1) is 6.45. The van der Waals surface area contributed by atoms with Crippen LogP contribution in [0.2, 0.25) is 0 Å². The summed E-state index contributed by atoms with van der Waals surface area (Å²) in [6.45, 7) is 9.09. The summed E-state index contributed by atoms with van der Waals surface area (Å²) in [5.41, 5.74) is 0. The molecule has 0 aromatic carbocycles. The van der Waals surface area contributed by atoms with Gasteiger partial charge >= 0.3 is 0 Å². The Morgan fingerprint density at radius 1 is 1.14 bits per heavy atom. The van der Waals surface area contributed by atoms with E-state index in [4.69, 9.17) is 0 Å². The molecule has 0 aromatic heterocycles. The van der Waals surface area contributed by atoms with Crippen molar-refractivity contribution in [3.8, 4) is 0 Å². The summed E-state index contributed by atoms with van der Waals surface area (Å²) < 4.78 is 25.5. The molecule has 14 heavy (non-hydrogen) atoms. The molecule has 1 aliphatic rings. The predicted molar refractivity (Wildman–Crippen MR) is 54.6 cm³/mol. The molecule has 1 nitrogen and oxygen atoms in total. The van der Waals surface area contributed by atoms with Gasteiger partial charge in [0.2, 0.25) is 6.43 Å². The molecular weight excluding hydrogens is 184 g/mol. The highest BCUT2D eigenvalue weighted by molar-refractivity contribution is 4.91. The first-order valence-corrected chi connectivity index (χ1v) is 5.49. The number of rotatable bonds is 3. The Morgan fingerprint density at radius 2 is 1.71 bits per heavy atom. The number of hydrogen-bond acceptors (Lipinski definition) is 1. The molecule has 3 heteroatoms. The highest BCUT2D eigenvalue weighted by Gasteiger charge is 2.41. The Kier molecular flexibility index (Phi) is 3.87. The zero-order valence-corrected chi connectivity index (χ0v) is 9.50. The molecule has 0 aliphatic carbocycles. The minimum absolute atomic E-state index is 0.0648. The van der Waals surface area contributed by atoms with Crippen molar-refractivity contribution in [2.75, 3.05) is 6.54 Å². The summed E-state index contributed by atoms with van der Waals surface area (Å²) in [6, 6.07) is 0.446. The SMILES string of the molecule is CC(C)C1C(C(F)F)CCN1C(C)C. The van der Waals surface area contributed by atoms with Crippen LogP contribution in [0.1, 0.15) is 34.1 Å². The van der Waals surface area contributed by atoms with Crippen molar-refractivity contribution in [2.24, 2.45) is 11.8 Å². The van der Waals surface area contributed by atoms with E-state index in [1.54, 1.807) is 0 Å². The van der Waals surface area contributed by atoms with E-state index in [0.717, 1.165) is 6.54 Å². The second-order valence-corrected chi connectivity index (χ2v) is 4.85. The van der Waals surface area contributed by atoms with Gasteiger partial charge in [-0.1, -0.05) is 13.8 Å². The lowest BCUT2D eigenvalue weighted by molar-refractivity contribution is 0.0320. The first-order valence-electron chi connectivity index (χ1n) is 5.49. The van der Waals surface area contributed by atoms with Crippen LogP contribution in [0.25, 0.3) is 0 Å². The van der Waals surface area contributed by atoms with Gasteiger partial charge in [0.15, 0.2) is 0 Å². The molecule has 1 saturated heterocycles. The Bertz CT molecular complexity index is 164. The Hall–Kier alpha value is -0.180. The molecular formula is C11H21F2N. The van der Waals surface area contributed by atoms with Crippen LogP contribution in [0.5, 0.6) is 0 Å². The minimum Gasteiger partial charge on any atom is -0.297 e. The summed E-state index contributed by atoms with van der Waals surface area (Å²) in [6.07, 6.45) is -1.51. The van der Waals surface area contributed by atoms with Crippen molar-refractivity contribution in [3.05, 3.63) is 0 Å². The highest BCUT2D eigenvalue weighted by Crippen LogP contribution is 2.34. The molecule has 0 amide bonds. The number of nitrogens with zero attached hydrogens (tertiary/aromatic N) is 1. The van der Waals surface area contributed by atoms with Crippen molar-refractivity contribution in [2.45, 2.75) is 52.6 Å². The standard InChI is InChI=1S/C11H21F2N/c1-7(2)10-9(11(12)13)5-6-14(10)8(3)4/h7-11H,5-6H2,1-4H3. The van der Waals surface area contributed by atoms with Crippen LogP contribution in [0.3, 0.4) is 0 Å². The zero-order chi connectivity index (χ0) is 10.9. The summed E-state index contributed by atoms with van der Waals surface area (Å²) in [4.78, 5) is 2.22. The maximum Gasteiger partial charge on any atom is 0.242 e. The second-order valence-electron chi connectivity index (χ2n) is 4.85. The molecule has 2 atom stereocenters. The van der Waals surface area contributed by atoms with Crippen molar-refractivity contribution in [3.63, 3.8) is 0 Å². The monoisotopic (exact) mass is 205 g/mol. The lowest BCUT2D eigenvalue weighted by Gasteiger charge is -2.33. The van der Waals surface area contributed by atoms with E-state index in [1.807, 2.05) is 13.8 Å². The normalized spacial score (nSPS) is 29.8. The van der Waals surface area contributed by atoms with Crippen LogP contribution >= 0.6 is 0 Å². The van der Waals surface area contributed by atoms with Crippen LogP contribution in [-0.4, -0.2) is 30.0 Å². The van der Waals surface area contributed by atoms with Crippen LogP contribution in [0.4, 0.5) is 8.78 Å². The van der Waals surface area contributed by atoms with Crippen molar-refractivity contribution in [1.82, 2.24) is 4.90 Å². The molecule has 0 aromatic rings. The van der Waals surface area contributed by atoms with Crippen LogP contribution in [-0.2, 0) is 0 Å². The van der Waals surface area contributed by atoms with Gasteiger partial charge in [-0.15, -0.1) is 0 Å². The molecule has 84 valence electrons. The number of alkyl halides is 2. The van der Waals surface area contributed by atoms with Crippen LogP contribution in [0.15, 0.2) is 0 Å². The van der Waals surface area contributed by atoms with Gasteiger partial charge in [-0.3, -0.25) is 4.90 Å². The van der Waals surface area contributed by atoms with Gasteiger partial charge in [-0.25, -0.2) is 8.78 Å². The lowest BCUT2D eigenvalue weighted by Crippen LogP contribution is -2.42. The van der Waals surface area contributed by atoms with Gasteiger partial charge in [-0.05, 0) is 32.7 Å². The third-order valence-electron chi connectivity index (χ3n) is 3.21. The van der Waals surface area contributed by atoms with Crippen molar-refractivity contribution >= 4 is 0 Å². The molecule has 0 saturated carbocycles. The van der Waals surface area contributed by atoms with Crippen molar-refractivity contribution in [1.29, 1.82) is 0 Å². The molecule has 2 unspecified atom stereocenters. The third-order valence-corrected chi connectivity index (χ3v) is 3.21. The summed E-state index contributed by atoms with van der Waals surface area (Å²) in [5.74, 6) is -0.101. The number of hydrogen-bond donors (Lipinski definition) is 0. The maximum atomic E-state index is 12.8. The Morgan fingerprint density at radius 3 is 2.07 bits per heavy atom. The highest BCUT2D eigenvalue weighted by atomic mass is 19.3. The van der Waals surface area contributed by atoms with Gasteiger partial charge < -0.3 is 0 Å². The summed E-state index contributed by atoms with van der Waals surface area (Å²) >= 11 is 0. The van der Waals surface area contributed by atoms with E-state index in [0.29, 0.717) is 18.4 Å². The van der Waals surface area contributed by atoms with Gasteiger partial charge in [0.1, 0.15) is 0 Å². The smallest absolute Gasteiger partial charge is 0.242 e. The Balaban J connectivity index is 2.74. The van der Waals surface area contributed by atoms with Crippen molar-refractivity contribution < 1.29 is 8.78 Å². The fraction of sp³-hybridized carbons (Fsp3) is 1.00. The zero-order valence-electron chi connectivity index (χ0n) is 9.50. The lowest BCUT2D eigenvalue weighted by atomic mass is 9.91. The van der Waals surface area contributed by atoms with E-state index in [1.165, 1.54) is 0 Å². The summed E-state index contributed by atoms with van der Waals surface area (Å²) in [5, 5.41) is 0. The predicted octanol–water partition coefficient (Wildman–Crippen LogP) is 3.01. The molecule has 1 rings (SSSR count). The number of halogens is 2. The van der Waals surface area contributed by atoms with Gasteiger partial charge in [-0.2, -0.15) is 0 Å². The van der Waals surface area contributed by atoms with Crippen LogP contribution in [0, 0.1) is 11.8 Å². The van der Waals surface area contributed by atoms with Crippen LogP contribution < -0.4 is 0 Å². The molecule has 0 N–H and O–H groups in total. The van der Waals surface area contributed by atoms with E-state index in [-0.39, 0.29) is 6.04 Å². The quantitative estimate of drug-likeness (QED) is 0.684. The van der Waals surface area contributed by atoms with E-state index < -0.39 is 12.3 Å². The molecule has 1 heterocycles. The average Bonchev–Trinajstić information content (AvgIpc) is 2.46. The molecule has 0 spiro atoms. The average molecular weight is 205 g/mol. The third kappa shape index (κ3) is 2.25. The van der Waals surface area contributed by atoms with E-state index >= 15 is 0 Å². The van der Waals surface area contributed by atoms with Gasteiger partial charge in [0.05, 0.1) is 0 Å². The second kappa shape index (κ2) is 4.56. The maximum absolute atomic E-state index is 12.8. The van der Waals surface area contributed by atoms with E-state index in [2.05, 4.69) is 18.7 Å². The fourth-order valence-electron chi connectivity index (χ4n) is 2.62. The summed E-state index contributed by atoms with van der Waals surface area (Å²) in [7, 11) is 0. The Labute approximate surface area is 85.5 Å². The minimum atomic E-state index is -2.16. The fourth-order valence-corrected chi connectivity index (χ4v) is 2.62. The number of likely N-dealkylation sites (tertiary alicyclic amines) is 1.